The summed E-state index contributed by atoms with van der Waals surface area (Å²) in [6.07, 6.45) is 5.31. The molecule has 0 aromatic rings. The fraction of sp³-hybridized carbons (Fsp3) is 0.600. The summed E-state index contributed by atoms with van der Waals surface area (Å²) in [5.41, 5.74) is -1.17. The van der Waals surface area contributed by atoms with Crippen molar-refractivity contribution in [2.24, 2.45) is 11.3 Å². The highest BCUT2D eigenvalue weighted by Crippen LogP contribution is 2.48. The van der Waals surface area contributed by atoms with Gasteiger partial charge in [-0.05, 0) is 25.3 Å². The molecule has 106 valence electrons. The summed E-state index contributed by atoms with van der Waals surface area (Å²) < 4.78 is 11.5. The van der Waals surface area contributed by atoms with E-state index >= 15 is 0 Å². The van der Waals surface area contributed by atoms with Crippen LogP contribution in [0.3, 0.4) is 0 Å². The molecule has 0 N–H and O–H groups in total. The van der Waals surface area contributed by atoms with Gasteiger partial charge >= 0.3 is 11.9 Å². The third kappa shape index (κ3) is 2.16. The quantitative estimate of drug-likeness (QED) is 0.502. The number of halogens is 1. The maximum absolute atomic E-state index is 12.3. The molecule has 5 heteroatoms. The van der Waals surface area contributed by atoms with E-state index in [4.69, 9.17) is 9.47 Å². The molecule has 0 unspecified atom stereocenters. The molecule has 1 fully saturated rings. The van der Waals surface area contributed by atoms with E-state index in [0.717, 1.165) is 30.2 Å². The molecule has 0 aromatic heterocycles. The fourth-order valence-electron chi connectivity index (χ4n) is 2.89. The topological polar surface area (TPSA) is 52.6 Å². The third-order valence-corrected chi connectivity index (χ3v) is 4.77. The molecule has 0 radical (unpaired) electrons. The summed E-state index contributed by atoms with van der Waals surface area (Å²) >= 11 is 3.41. The lowest BCUT2D eigenvalue weighted by Crippen LogP contribution is -2.53. The van der Waals surface area contributed by atoms with Crippen molar-refractivity contribution in [3.63, 3.8) is 0 Å². The van der Waals surface area contributed by atoms with Gasteiger partial charge in [-0.25, -0.2) is 0 Å². The Morgan fingerprint density at radius 1 is 1.30 bits per heavy atom. The molecule has 3 aliphatic heterocycles. The Morgan fingerprint density at radius 3 is 3.00 bits per heavy atom. The number of cyclic esters (lactones) is 1. The van der Waals surface area contributed by atoms with Gasteiger partial charge in [-0.3, -0.25) is 9.59 Å². The van der Waals surface area contributed by atoms with Crippen LogP contribution in [0.25, 0.3) is 0 Å². The Hall–Kier alpha value is -1.28. The van der Waals surface area contributed by atoms with Gasteiger partial charge in [0, 0.05) is 17.3 Å². The minimum absolute atomic E-state index is 0.334. The predicted molar refractivity (Wildman–Crippen MR) is 74.6 cm³/mol. The maximum atomic E-state index is 12.3. The number of esters is 2. The molecular formula is C15H15BrO4. The van der Waals surface area contributed by atoms with Crippen LogP contribution in [-0.2, 0) is 19.1 Å². The second-order valence-corrected chi connectivity index (χ2v) is 6.28. The standard InChI is InChI=1S/C15H15BrO4/c16-11-9-15-6-4-2-1-3-5-7-19-13(17)10(15)8-12(11)20-14(15)18/h9-10,12H,1-3,5,7-8H2/t10-,12+,15+/m0/s1. The molecule has 0 saturated carbocycles. The monoisotopic (exact) mass is 338 g/mol. The summed E-state index contributed by atoms with van der Waals surface area (Å²) in [6, 6.07) is 0. The van der Waals surface area contributed by atoms with Gasteiger partial charge in [0.05, 0.1) is 12.5 Å². The zero-order valence-corrected chi connectivity index (χ0v) is 12.6. The zero-order chi connectivity index (χ0) is 14.2. The van der Waals surface area contributed by atoms with Gasteiger partial charge in [0.25, 0.3) is 0 Å². The number of ether oxygens (including phenoxy) is 2. The highest BCUT2D eigenvalue weighted by atomic mass is 79.9. The van der Waals surface area contributed by atoms with Gasteiger partial charge in [0.2, 0.25) is 0 Å². The Morgan fingerprint density at radius 2 is 2.15 bits per heavy atom. The number of rotatable bonds is 0. The molecule has 2 bridgehead atoms. The molecule has 1 saturated heterocycles. The van der Waals surface area contributed by atoms with E-state index in [1.807, 2.05) is 0 Å². The highest BCUT2D eigenvalue weighted by Gasteiger charge is 2.58. The average molecular weight is 339 g/mol. The van der Waals surface area contributed by atoms with E-state index in [9.17, 15) is 9.59 Å². The Kier molecular flexibility index (Phi) is 3.59. The van der Waals surface area contributed by atoms with Crippen molar-refractivity contribution >= 4 is 27.9 Å². The summed E-state index contributed by atoms with van der Waals surface area (Å²) in [6.45, 7) is 0.413. The molecule has 0 aromatic carbocycles. The third-order valence-electron chi connectivity index (χ3n) is 4.03. The first-order chi connectivity index (χ1) is 9.63. The maximum Gasteiger partial charge on any atom is 0.329 e. The van der Waals surface area contributed by atoms with Gasteiger partial charge in [-0.2, -0.15) is 0 Å². The number of fused-ring (bicyclic) bond motifs is 1. The SMILES string of the molecule is O=C1OCCCCCC#C[C@@]23C=C(Br)[C@@H](C[C@@H]12)OC3=O. The summed E-state index contributed by atoms with van der Waals surface area (Å²) in [7, 11) is 0. The second-order valence-electron chi connectivity index (χ2n) is 5.36. The molecule has 1 spiro atoms. The Balaban J connectivity index is 2.03. The molecule has 4 aliphatic rings. The average Bonchev–Trinajstić information content (AvgIpc) is 2.45. The summed E-state index contributed by atoms with van der Waals surface area (Å²) in [5, 5.41) is 0. The van der Waals surface area contributed by atoms with Crippen molar-refractivity contribution in [3.05, 3.63) is 10.6 Å². The minimum Gasteiger partial charge on any atom is -0.465 e. The van der Waals surface area contributed by atoms with E-state index in [1.54, 1.807) is 6.08 Å². The lowest BCUT2D eigenvalue weighted by atomic mass is 9.67. The fourth-order valence-corrected chi connectivity index (χ4v) is 3.53. The van der Waals surface area contributed by atoms with Crippen molar-refractivity contribution < 1.29 is 19.1 Å². The van der Waals surface area contributed by atoms with E-state index in [0.29, 0.717) is 13.0 Å². The predicted octanol–water partition coefficient (Wildman–Crippen LogP) is 2.32. The first-order valence-electron chi connectivity index (χ1n) is 6.89. The van der Waals surface area contributed by atoms with Crippen molar-refractivity contribution in [1.29, 1.82) is 0 Å². The second kappa shape index (κ2) is 5.25. The van der Waals surface area contributed by atoms with Crippen molar-refractivity contribution in [2.75, 3.05) is 6.61 Å². The summed E-state index contributed by atoms with van der Waals surface area (Å²) in [4.78, 5) is 24.5. The molecule has 3 heterocycles. The lowest BCUT2D eigenvalue weighted by Gasteiger charge is -2.43. The molecule has 0 amide bonds. The van der Waals surface area contributed by atoms with Crippen molar-refractivity contribution in [3.8, 4) is 11.8 Å². The van der Waals surface area contributed by atoms with Crippen LogP contribution in [0.5, 0.6) is 0 Å². The molecular weight excluding hydrogens is 324 g/mol. The van der Waals surface area contributed by atoms with Crippen LogP contribution in [0.1, 0.15) is 32.1 Å². The van der Waals surface area contributed by atoms with Crippen LogP contribution in [0.15, 0.2) is 10.6 Å². The first-order valence-corrected chi connectivity index (χ1v) is 7.69. The van der Waals surface area contributed by atoms with Crippen LogP contribution in [-0.4, -0.2) is 24.6 Å². The van der Waals surface area contributed by atoms with Crippen molar-refractivity contribution in [2.45, 2.75) is 38.2 Å². The van der Waals surface area contributed by atoms with Crippen LogP contribution in [0.2, 0.25) is 0 Å². The van der Waals surface area contributed by atoms with Gasteiger partial charge in [0.1, 0.15) is 6.10 Å². The van der Waals surface area contributed by atoms with E-state index in [2.05, 4.69) is 27.8 Å². The van der Waals surface area contributed by atoms with E-state index < -0.39 is 17.3 Å². The van der Waals surface area contributed by atoms with Crippen LogP contribution in [0.4, 0.5) is 0 Å². The van der Waals surface area contributed by atoms with Crippen LogP contribution >= 0.6 is 15.9 Å². The number of carbonyl (C=O) groups is 2. The van der Waals surface area contributed by atoms with E-state index in [-0.39, 0.29) is 12.1 Å². The van der Waals surface area contributed by atoms with Crippen molar-refractivity contribution in [1.82, 2.24) is 0 Å². The molecule has 20 heavy (non-hydrogen) atoms. The molecule has 4 nitrogen and oxygen atoms in total. The molecule has 3 atom stereocenters. The number of carbonyl (C=O) groups excluding carboxylic acids is 2. The molecule has 4 rings (SSSR count). The lowest BCUT2D eigenvalue weighted by molar-refractivity contribution is -0.177. The minimum atomic E-state index is -1.17. The van der Waals surface area contributed by atoms with Crippen LogP contribution in [0, 0.1) is 23.2 Å². The summed E-state index contributed by atoms with van der Waals surface area (Å²) in [5.74, 6) is 4.73. The van der Waals surface area contributed by atoms with Gasteiger partial charge < -0.3 is 9.47 Å². The number of hydrogen-bond donors (Lipinski definition) is 0. The van der Waals surface area contributed by atoms with Crippen LogP contribution < -0.4 is 0 Å². The number of hydrogen-bond acceptors (Lipinski definition) is 4. The van der Waals surface area contributed by atoms with E-state index in [1.165, 1.54) is 0 Å². The largest absolute Gasteiger partial charge is 0.465 e. The Bertz CT molecular complexity index is 542. The first kappa shape index (κ1) is 13.7. The highest BCUT2D eigenvalue weighted by molar-refractivity contribution is 9.11. The van der Waals surface area contributed by atoms with Gasteiger partial charge in [-0.1, -0.05) is 21.9 Å². The Labute approximate surface area is 126 Å². The molecule has 1 aliphatic carbocycles. The zero-order valence-electron chi connectivity index (χ0n) is 11.0. The normalized spacial score (nSPS) is 36.5. The smallest absolute Gasteiger partial charge is 0.329 e. The van der Waals surface area contributed by atoms with Gasteiger partial charge in [0.15, 0.2) is 5.41 Å². The van der Waals surface area contributed by atoms with Gasteiger partial charge in [-0.15, -0.1) is 5.92 Å².